The average molecular weight is 313 g/mol. The number of hydrogen-bond acceptors (Lipinski definition) is 3. The van der Waals surface area contributed by atoms with Gasteiger partial charge in [0, 0.05) is 22.7 Å². The summed E-state index contributed by atoms with van der Waals surface area (Å²) in [5, 5.41) is 12.4. The Labute approximate surface area is 115 Å². The Kier molecular flexibility index (Phi) is 4.24. The second-order valence-corrected chi connectivity index (χ2v) is 5.57. The fraction of sp³-hybridized carbons (Fsp3) is 0.462. The molecule has 18 heavy (non-hydrogen) atoms. The molecule has 0 bridgehead atoms. The van der Waals surface area contributed by atoms with Crippen molar-refractivity contribution in [2.75, 3.05) is 25.5 Å². The highest BCUT2D eigenvalue weighted by Gasteiger charge is 2.21. The van der Waals surface area contributed by atoms with Crippen LogP contribution < -0.4 is 5.32 Å². The van der Waals surface area contributed by atoms with Crippen molar-refractivity contribution in [3.8, 4) is 0 Å². The maximum absolute atomic E-state index is 11.2. The summed E-state index contributed by atoms with van der Waals surface area (Å²) in [5.74, 6) is -0.904. The molecule has 2 N–H and O–H groups in total. The van der Waals surface area contributed by atoms with Crippen molar-refractivity contribution in [2.45, 2.75) is 18.9 Å². The molecule has 0 saturated carbocycles. The van der Waals surface area contributed by atoms with Crippen LogP contribution in [-0.2, 0) is 0 Å². The van der Waals surface area contributed by atoms with Crippen LogP contribution in [0.15, 0.2) is 22.7 Å². The van der Waals surface area contributed by atoms with Gasteiger partial charge in [0.15, 0.2) is 0 Å². The topological polar surface area (TPSA) is 52.6 Å². The first-order valence-corrected chi connectivity index (χ1v) is 6.84. The van der Waals surface area contributed by atoms with Gasteiger partial charge in [0.1, 0.15) is 0 Å². The lowest BCUT2D eigenvalue weighted by molar-refractivity contribution is 0.0698. The van der Waals surface area contributed by atoms with E-state index in [4.69, 9.17) is 5.11 Å². The molecule has 1 aliphatic heterocycles. The number of likely N-dealkylation sites (N-methyl/N-ethyl adjacent to an activating group) is 1. The van der Waals surface area contributed by atoms with Crippen molar-refractivity contribution in [2.24, 2.45) is 0 Å². The molecule has 1 fully saturated rings. The highest BCUT2D eigenvalue weighted by atomic mass is 79.9. The predicted octanol–water partition coefficient (Wildman–Crippen LogP) is 2.65. The minimum atomic E-state index is -0.904. The highest BCUT2D eigenvalue weighted by molar-refractivity contribution is 9.10. The number of rotatable bonds is 4. The van der Waals surface area contributed by atoms with E-state index >= 15 is 0 Å². The van der Waals surface area contributed by atoms with Gasteiger partial charge < -0.3 is 15.3 Å². The molecular weight excluding hydrogens is 296 g/mol. The van der Waals surface area contributed by atoms with Crippen LogP contribution in [0, 0.1) is 0 Å². The Bertz CT molecular complexity index is 451. The van der Waals surface area contributed by atoms with Crippen LogP contribution in [0.5, 0.6) is 0 Å². The minimum absolute atomic E-state index is 0.310. The SMILES string of the molecule is CN1CCCC1CNc1ccc(Br)cc1C(=O)O. The van der Waals surface area contributed by atoms with Gasteiger partial charge in [0.2, 0.25) is 0 Å². The summed E-state index contributed by atoms with van der Waals surface area (Å²) in [6, 6.07) is 5.79. The Morgan fingerprint density at radius 2 is 2.39 bits per heavy atom. The summed E-state index contributed by atoms with van der Waals surface area (Å²) in [7, 11) is 2.11. The number of aromatic carboxylic acids is 1. The number of carboxylic acids is 1. The van der Waals surface area contributed by atoms with E-state index in [1.54, 1.807) is 6.07 Å². The predicted molar refractivity (Wildman–Crippen MR) is 75.2 cm³/mol. The number of benzene rings is 1. The molecule has 1 heterocycles. The maximum atomic E-state index is 11.2. The zero-order valence-corrected chi connectivity index (χ0v) is 11.9. The second kappa shape index (κ2) is 5.71. The summed E-state index contributed by atoms with van der Waals surface area (Å²) in [4.78, 5) is 13.5. The fourth-order valence-electron chi connectivity index (χ4n) is 2.31. The molecule has 1 aromatic carbocycles. The van der Waals surface area contributed by atoms with Gasteiger partial charge in [-0.15, -0.1) is 0 Å². The number of anilines is 1. The number of nitrogens with zero attached hydrogens (tertiary/aromatic N) is 1. The zero-order chi connectivity index (χ0) is 13.1. The van der Waals surface area contributed by atoms with Crippen LogP contribution >= 0.6 is 15.9 Å². The third-order valence-corrected chi connectivity index (χ3v) is 3.90. The van der Waals surface area contributed by atoms with Gasteiger partial charge in [0.25, 0.3) is 0 Å². The largest absolute Gasteiger partial charge is 0.478 e. The average Bonchev–Trinajstić information content (AvgIpc) is 2.73. The molecule has 0 spiro atoms. The maximum Gasteiger partial charge on any atom is 0.337 e. The molecule has 5 heteroatoms. The Balaban J connectivity index is 2.06. The summed E-state index contributed by atoms with van der Waals surface area (Å²) in [5.41, 5.74) is 0.996. The van der Waals surface area contributed by atoms with E-state index in [2.05, 4.69) is 33.2 Å². The lowest BCUT2D eigenvalue weighted by Gasteiger charge is -2.21. The van der Waals surface area contributed by atoms with Gasteiger partial charge in [-0.25, -0.2) is 4.79 Å². The summed E-state index contributed by atoms with van der Waals surface area (Å²) in [6.07, 6.45) is 2.39. The standard InChI is InChI=1S/C13H17BrN2O2/c1-16-6-2-3-10(16)8-15-12-5-4-9(14)7-11(12)13(17)18/h4-5,7,10,15H,2-3,6,8H2,1H3,(H,17,18). The molecule has 1 aliphatic rings. The van der Waals surface area contributed by atoms with Gasteiger partial charge in [-0.1, -0.05) is 15.9 Å². The number of hydrogen-bond donors (Lipinski definition) is 2. The van der Waals surface area contributed by atoms with Gasteiger partial charge in [-0.3, -0.25) is 0 Å². The quantitative estimate of drug-likeness (QED) is 0.897. The molecule has 98 valence electrons. The highest BCUT2D eigenvalue weighted by Crippen LogP contribution is 2.22. The van der Waals surface area contributed by atoms with Crippen molar-refractivity contribution in [3.63, 3.8) is 0 Å². The smallest absolute Gasteiger partial charge is 0.337 e. The van der Waals surface area contributed by atoms with Gasteiger partial charge in [-0.2, -0.15) is 0 Å². The summed E-state index contributed by atoms with van der Waals surface area (Å²) >= 11 is 3.29. The van der Waals surface area contributed by atoms with E-state index in [-0.39, 0.29) is 0 Å². The van der Waals surface area contributed by atoms with Crippen LogP contribution in [0.25, 0.3) is 0 Å². The van der Waals surface area contributed by atoms with Crippen LogP contribution in [-0.4, -0.2) is 42.2 Å². The van der Waals surface area contributed by atoms with E-state index in [1.165, 1.54) is 12.8 Å². The first-order chi connectivity index (χ1) is 8.58. The first kappa shape index (κ1) is 13.4. The lowest BCUT2D eigenvalue weighted by Crippen LogP contribution is -2.31. The van der Waals surface area contributed by atoms with Crippen molar-refractivity contribution in [1.29, 1.82) is 0 Å². The fourth-order valence-corrected chi connectivity index (χ4v) is 2.67. The van der Waals surface area contributed by atoms with E-state index in [0.717, 1.165) is 17.6 Å². The van der Waals surface area contributed by atoms with Gasteiger partial charge in [0.05, 0.1) is 5.56 Å². The molecule has 0 aliphatic carbocycles. The molecule has 0 aromatic heterocycles. The monoisotopic (exact) mass is 312 g/mol. The summed E-state index contributed by atoms with van der Waals surface area (Å²) in [6.45, 7) is 1.91. The van der Waals surface area contributed by atoms with Gasteiger partial charge in [-0.05, 0) is 44.6 Å². The molecule has 0 amide bonds. The van der Waals surface area contributed by atoms with E-state index in [9.17, 15) is 4.79 Å². The van der Waals surface area contributed by atoms with E-state index in [0.29, 0.717) is 17.3 Å². The first-order valence-electron chi connectivity index (χ1n) is 6.05. The molecular formula is C13H17BrN2O2. The number of likely N-dealkylation sites (tertiary alicyclic amines) is 1. The second-order valence-electron chi connectivity index (χ2n) is 4.65. The molecule has 0 radical (unpaired) electrons. The number of carboxylic acid groups (broad SMARTS) is 1. The van der Waals surface area contributed by atoms with Crippen LogP contribution in [0.2, 0.25) is 0 Å². The van der Waals surface area contributed by atoms with Gasteiger partial charge >= 0.3 is 5.97 Å². The normalized spacial score (nSPS) is 20.0. The van der Waals surface area contributed by atoms with E-state index < -0.39 is 5.97 Å². The number of halogens is 1. The lowest BCUT2D eigenvalue weighted by atomic mass is 10.1. The van der Waals surface area contributed by atoms with Crippen molar-refractivity contribution >= 4 is 27.6 Å². The molecule has 4 nitrogen and oxygen atoms in total. The van der Waals surface area contributed by atoms with Crippen molar-refractivity contribution in [1.82, 2.24) is 4.90 Å². The Morgan fingerprint density at radius 1 is 1.61 bits per heavy atom. The molecule has 1 atom stereocenters. The Hall–Kier alpha value is -1.07. The van der Waals surface area contributed by atoms with Crippen molar-refractivity contribution in [3.05, 3.63) is 28.2 Å². The minimum Gasteiger partial charge on any atom is -0.478 e. The van der Waals surface area contributed by atoms with Crippen LogP contribution in [0.1, 0.15) is 23.2 Å². The van der Waals surface area contributed by atoms with E-state index in [1.807, 2.05) is 12.1 Å². The molecule has 2 rings (SSSR count). The summed E-state index contributed by atoms with van der Waals surface area (Å²) < 4.78 is 0.781. The Morgan fingerprint density at radius 3 is 3.00 bits per heavy atom. The number of nitrogens with one attached hydrogen (secondary N) is 1. The molecule has 1 saturated heterocycles. The molecule has 1 aromatic rings. The van der Waals surface area contributed by atoms with Crippen LogP contribution in [0.4, 0.5) is 5.69 Å². The number of carbonyl (C=O) groups is 1. The van der Waals surface area contributed by atoms with Crippen molar-refractivity contribution < 1.29 is 9.90 Å². The molecule has 1 unspecified atom stereocenters. The third-order valence-electron chi connectivity index (χ3n) is 3.41. The third kappa shape index (κ3) is 3.03. The van der Waals surface area contributed by atoms with Crippen LogP contribution in [0.3, 0.4) is 0 Å². The zero-order valence-electron chi connectivity index (χ0n) is 10.3.